The first-order valence-corrected chi connectivity index (χ1v) is 7.61. The summed E-state index contributed by atoms with van der Waals surface area (Å²) < 4.78 is 10.3. The Bertz CT molecular complexity index is 718. The second-order valence-electron chi connectivity index (χ2n) is 5.44. The van der Waals surface area contributed by atoms with E-state index in [1.54, 1.807) is 0 Å². The van der Waals surface area contributed by atoms with Gasteiger partial charge in [-0.3, -0.25) is 0 Å². The highest BCUT2D eigenvalue weighted by atomic mass is 16.5. The second kappa shape index (κ2) is 6.64. The predicted molar refractivity (Wildman–Crippen MR) is 85.7 cm³/mol. The molecular weight excluding hydrogens is 294 g/mol. The van der Waals surface area contributed by atoms with Crippen molar-refractivity contribution in [2.24, 2.45) is 0 Å². The van der Waals surface area contributed by atoms with Crippen LogP contribution in [0, 0.1) is 0 Å². The number of carbonyl (C=O) groups excluding carboxylic acids is 1. The van der Waals surface area contributed by atoms with E-state index in [4.69, 9.17) is 4.74 Å². The average molecular weight is 313 g/mol. The van der Waals surface area contributed by atoms with Gasteiger partial charge in [0.1, 0.15) is 5.75 Å². The molecule has 1 aliphatic rings. The van der Waals surface area contributed by atoms with Gasteiger partial charge in [0.15, 0.2) is 5.69 Å². The van der Waals surface area contributed by atoms with E-state index >= 15 is 0 Å². The van der Waals surface area contributed by atoms with Crippen LogP contribution in [0.15, 0.2) is 30.5 Å². The van der Waals surface area contributed by atoms with Crippen molar-refractivity contribution in [2.45, 2.75) is 25.8 Å². The maximum Gasteiger partial charge on any atom is 0.356 e. The molecule has 0 radical (unpaired) electrons. The molecular formula is C17H19N3O3. The van der Waals surface area contributed by atoms with E-state index < -0.39 is 5.97 Å². The topological polar surface area (TPSA) is 73.3 Å². The van der Waals surface area contributed by atoms with Crippen molar-refractivity contribution in [3.05, 3.63) is 47.3 Å². The van der Waals surface area contributed by atoms with E-state index in [-0.39, 0.29) is 11.7 Å². The quantitative estimate of drug-likeness (QED) is 0.875. The van der Waals surface area contributed by atoms with E-state index in [9.17, 15) is 4.79 Å². The molecule has 0 spiro atoms. The fourth-order valence-electron chi connectivity index (χ4n) is 2.57. The molecule has 1 N–H and O–H groups in total. The molecule has 1 aromatic carbocycles. The van der Waals surface area contributed by atoms with Crippen LogP contribution >= 0.6 is 0 Å². The molecule has 1 aliphatic heterocycles. The Morgan fingerprint density at radius 3 is 3.09 bits per heavy atom. The molecule has 2 heterocycles. The minimum Gasteiger partial charge on any atom is -0.493 e. The number of aryl methyl sites for hydroxylation is 1. The zero-order chi connectivity index (χ0) is 16.2. The third-order valence-electron chi connectivity index (χ3n) is 3.83. The number of nitrogens with zero attached hydrogens (tertiary/aromatic N) is 2. The van der Waals surface area contributed by atoms with Gasteiger partial charge >= 0.3 is 5.97 Å². The van der Waals surface area contributed by atoms with E-state index in [0.29, 0.717) is 5.95 Å². The van der Waals surface area contributed by atoms with Gasteiger partial charge in [0.25, 0.3) is 0 Å². The summed E-state index contributed by atoms with van der Waals surface area (Å²) >= 11 is 0. The number of benzene rings is 1. The fraction of sp³-hybridized carbons (Fsp3) is 0.353. The van der Waals surface area contributed by atoms with E-state index in [1.807, 2.05) is 19.1 Å². The third-order valence-corrected chi connectivity index (χ3v) is 3.83. The molecule has 0 bridgehead atoms. The van der Waals surface area contributed by atoms with Crippen LogP contribution in [0.2, 0.25) is 0 Å². The summed E-state index contributed by atoms with van der Waals surface area (Å²) in [5, 5.41) is 3.21. The van der Waals surface area contributed by atoms with Crippen LogP contribution in [0.25, 0.3) is 0 Å². The highest BCUT2D eigenvalue weighted by Crippen LogP contribution is 2.28. The van der Waals surface area contributed by atoms with Gasteiger partial charge in [0.05, 0.1) is 19.8 Å². The van der Waals surface area contributed by atoms with E-state index in [2.05, 4.69) is 26.1 Å². The lowest BCUT2D eigenvalue weighted by atomic mass is 10.00. The molecule has 1 unspecified atom stereocenters. The summed E-state index contributed by atoms with van der Waals surface area (Å²) in [6.45, 7) is 2.81. The van der Waals surface area contributed by atoms with Crippen molar-refractivity contribution in [3.8, 4) is 5.75 Å². The van der Waals surface area contributed by atoms with Crippen LogP contribution < -0.4 is 10.1 Å². The molecule has 23 heavy (non-hydrogen) atoms. The Balaban J connectivity index is 1.76. The van der Waals surface area contributed by atoms with Crippen molar-refractivity contribution in [2.75, 3.05) is 19.0 Å². The molecule has 0 saturated heterocycles. The predicted octanol–water partition coefficient (Wildman–Crippen LogP) is 2.76. The highest BCUT2D eigenvalue weighted by Gasteiger charge is 2.15. The summed E-state index contributed by atoms with van der Waals surface area (Å²) in [5.41, 5.74) is 2.59. The molecule has 1 aromatic heterocycles. The van der Waals surface area contributed by atoms with Crippen molar-refractivity contribution in [1.29, 1.82) is 0 Å². The maximum atomic E-state index is 11.5. The number of esters is 1. The lowest BCUT2D eigenvalue weighted by Gasteiger charge is -2.20. The number of hydrogen-bond donors (Lipinski definition) is 1. The lowest BCUT2D eigenvalue weighted by Crippen LogP contribution is -2.14. The normalized spacial score (nSPS) is 14.3. The first-order valence-electron chi connectivity index (χ1n) is 7.61. The number of carbonyl (C=O) groups is 1. The second-order valence-corrected chi connectivity index (χ2v) is 5.44. The van der Waals surface area contributed by atoms with Gasteiger partial charge in [0, 0.05) is 6.20 Å². The summed E-state index contributed by atoms with van der Waals surface area (Å²) in [6.07, 6.45) is 3.61. The van der Waals surface area contributed by atoms with Crippen molar-refractivity contribution in [3.63, 3.8) is 0 Å². The van der Waals surface area contributed by atoms with E-state index in [1.165, 1.54) is 24.9 Å². The molecule has 3 rings (SSSR count). The van der Waals surface area contributed by atoms with Crippen LogP contribution in [0.1, 0.15) is 41.0 Å². The van der Waals surface area contributed by atoms with Gasteiger partial charge in [-0.1, -0.05) is 12.1 Å². The van der Waals surface area contributed by atoms with Crippen molar-refractivity contribution in [1.82, 2.24) is 9.97 Å². The van der Waals surface area contributed by atoms with Gasteiger partial charge < -0.3 is 14.8 Å². The number of hydrogen-bond acceptors (Lipinski definition) is 6. The minimum absolute atomic E-state index is 0.00937. The van der Waals surface area contributed by atoms with Crippen LogP contribution in [-0.2, 0) is 11.2 Å². The standard InChI is InChI=1S/C17H19N3O3/c1-11(12-5-6-15-13(10-12)4-3-9-23-15)19-17-18-8-7-14(20-17)16(21)22-2/h5-8,10-11H,3-4,9H2,1-2H3,(H,18,19,20). The molecule has 6 nitrogen and oxygen atoms in total. The first-order chi connectivity index (χ1) is 11.2. The number of aromatic nitrogens is 2. The average Bonchev–Trinajstić information content (AvgIpc) is 2.60. The summed E-state index contributed by atoms with van der Waals surface area (Å²) in [7, 11) is 1.33. The first kappa shape index (κ1) is 15.3. The largest absolute Gasteiger partial charge is 0.493 e. The molecule has 2 aromatic rings. The number of nitrogens with one attached hydrogen (secondary N) is 1. The number of rotatable bonds is 4. The number of methoxy groups -OCH3 is 1. The number of ether oxygens (including phenoxy) is 2. The van der Waals surface area contributed by atoms with Gasteiger partial charge in [0.2, 0.25) is 5.95 Å². The maximum absolute atomic E-state index is 11.5. The van der Waals surface area contributed by atoms with Gasteiger partial charge in [-0.15, -0.1) is 0 Å². The third kappa shape index (κ3) is 3.41. The fourth-order valence-corrected chi connectivity index (χ4v) is 2.57. The zero-order valence-corrected chi connectivity index (χ0v) is 13.2. The minimum atomic E-state index is -0.478. The Morgan fingerprint density at radius 1 is 1.39 bits per heavy atom. The molecule has 1 atom stereocenters. The van der Waals surface area contributed by atoms with Crippen LogP contribution in [-0.4, -0.2) is 29.7 Å². The Hall–Kier alpha value is -2.63. The van der Waals surface area contributed by atoms with Crippen molar-refractivity contribution < 1.29 is 14.3 Å². The Labute approximate surface area is 134 Å². The smallest absolute Gasteiger partial charge is 0.356 e. The lowest BCUT2D eigenvalue weighted by molar-refractivity contribution is 0.0594. The molecule has 0 aliphatic carbocycles. The van der Waals surface area contributed by atoms with Crippen LogP contribution in [0.4, 0.5) is 5.95 Å². The van der Waals surface area contributed by atoms with Gasteiger partial charge in [-0.25, -0.2) is 14.8 Å². The molecule has 6 heteroatoms. The summed E-state index contributed by atoms with van der Waals surface area (Å²) in [6, 6.07) is 7.73. The monoisotopic (exact) mass is 313 g/mol. The Kier molecular flexibility index (Phi) is 4.41. The number of anilines is 1. The molecule has 0 fully saturated rings. The molecule has 120 valence electrons. The molecule has 0 amide bonds. The zero-order valence-electron chi connectivity index (χ0n) is 13.2. The van der Waals surface area contributed by atoms with Gasteiger partial charge in [-0.05, 0) is 43.0 Å². The van der Waals surface area contributed by atoms with E-state index in [0.717, 1.165) is 30.8 Å². The summed E-state index contributed by atoms with van der Waals surface area (Å²) in [4.78, 5) is 19.9. The van der Waals surface area contributed by atoms with Gasteiger partial charge in [-0.2, -0.15) is 0 Å². The highest BCUT2D eigenvalue weighted by molar-refractivity contribution is 5.87. The Morgan fingerprint density at radius 2 is 2.26 bits per heavy atom. The van der Waals surface area contributed by atoms with Crippen LogP contribution in [0.5, 0.6) is 5.75 Å². The molecule has 0 saturated carbocycles. The van der Waals surface area contributed by atoms with Crippen LogP contribution in [0.3, 0.4) is 0 Å². The summed E-state index contributed by atoms with van der Waals surface area (Å²) in [5.74, 6) is 0.888. The SMILES string of the molecule is COC(=O)c1ccnc(NC(C)c2ccc3c(c2)CCCO3)n1. The number of fused-ring (bicyclic) bond motifs is 1. The van der Waals surface area contributed by atoms with Crippen molar-refractivity contribution >= 4 is 11.9 Å².